The fourth-order valence-corrected chi connectivity index (χ4v) is 2.79. The van der Waals surface area contributed by atoms with E-state index in [1.807, 2.05) is 18.2 Å². The van der Waals surface area contributed by atoms with Gasteiger partial charge in [-0.3, -0.25) is 9.59 Å². The number of ether oxygens (including phenoxy) is 1. The van der Waals surface area contributed by atoms with Gasteiger partial charge in [-0.25, -0.2) is 0 Å². The van der Waals surface area contributed by atoms with Crippen molar-refractivity contribution in [2.75, 3.05) is 6.61 Å². The average molecular weight is 261 g/mol. The van der Waals surface area contributed by atoms with E-state index in [2.05, 4.69) is 5.32 Å². The van der Waals surface area contributed by atoms with Crippen LogP contribution in [0.3, 0.4) is 0 Å². The Balaban J connectivity index is 1.83. The van der Waals surface area contributed by atoms with Crippen molar-refractivity contribution in [1.29, 1.82) is 0 Å². The minimum Gasteiger partial charge on any atom is -0.481 e. The number of rotatable bonds is 3. The molecule has 1 aromatic carbocycles. The van der Waals surface area contributed by atoms with Crippen molar-refractivity contribution >= 4 is 11.9 Å². The lowest BCUT2D eigenvalue weighted by Gasteiger charge is -2.27. The molecule has 5 heteroatoms. The number of benzene rings is 1. The first-order valence-electron chi connectivity index (χ1n) is 6.38. The Morgan fingerprint density at radius 1 is 1.47 bits per heavy atom. The summed E-state index contributed by atoms with van der Waals surface area (Å²) in [5, 5.41) is 11.7. The van der Waals surface area contributed by atoms with E-state index in [1.54, 1.807) is 0 Å². The summed E-state index contributed by atoms with van der Waals surface area (Å²) in [5.41, 5.74) is 3.24. The second-order valence-electron chi connectivity index (χ2n) is 5.03. The van der Waals surface area contributed by atoms with Crippen LogP contribution in [0.1, 0.15) is 29.2 Å². The van der Waals surface area contributed by atoms with Gasteiger partial charge in [0.1, 0.15) is 6.61 Å². The SMILES string of the molecule is O=C(O)CCc1ccc2c(c1)C1NC(=O)COC1C2. The summed E-state index contributed by atoms with van der Waals surface area (Å²) in [7, 11) is 0. The van der Waals surface area contributed by atoms with Crippen molar-refractivity contribution in [1.82, 2.24) is 5.32 Å². The first-order chi connectivity index (χ1) is 9.13. The predicted molar refractivity (Wildman–Crippen MR) is 66.7 cm³/mol. The molecule has 100 valence electrons. The van der Waals surface area contributed by atoms with Crippen LogP contribution in [0, 0.1) is 0 Å². The standard InChI is InChI=1S/C14H15NO4/c16-12-7-19-11-6-9-3-1-8(2-4-13(17)18)5-10(9)14(11)15-12/h1,3,5,11,14H,2,4,6-7H2,(H,15,16)(H,17,18). The van der Waals surface area contributed by atoms with Crippen LogP contribution in [0.25, 0.3) is 0 Å². The van der Waals surface area contributed by atoms with E-state index in [0.29, 0.717) is 6.42 Å². The van der Waals surface area contributed by atoms with Crippen LogP contribution < -0.4 is 5.32 Å². The molecule has 0 radical (unpaired) electrons. The number of nitrogens with one attached hydrogen (secondary N) is 1. The van der Waals surface area contributed by atoms with Crippen molar-refractivity contribution in [2.24, 2.45) is 0 Å². The van der Waals surface area contributed by atoms with Gasteiger partial charge in [-0.15, -0.1) is 0 Å². The van der Waals surface area contributed by atoms with Gasteiger partial charge in [-0.2, -0.15) is 0 Å². The zero-order chi connectivity index (χ0) is 13.4. The van der Waals surface area contributed by atoms with E-state index < -0.39 is 5.97 Å². The quantitative estimate of drug-likeness (QED) is 0.844. The summed E-state index contributed by atoms with van der Waals surface area (Å²) in [5.74, 6) is -0.891. The molecule has 2 aliphatic rings. The summed E-state index contributed by atoms with van der Waals surface area (Å²) in [4.78, 5) is 22.0. The van der Waals surface area contributed by atoms with E-state index in [0.717, 1.165) is 17.5 Å². The molecule has 1 heterocycles. The third kappa shape index (κ3) is 2.33. The molecule has 1 aliphatic heterocycles. The highest BCUT2D eigenvalue weighted by atomic mass is 16.5. The van der Waals surface area contributed by atoms with Gasteiger partial charge in [0, 0.05) is 12.8 Å². The van der Waals surface area contributed by atoms with Gasteiger partial charge < -0.3 is 15.2 Å². The number of aryl methyl sites for hydroxylation is 1. The molecule has 1 aliphatic carbocycles. The van der Waals surface area contributed by atoms with E-state index in [4.69, 9.17) is 9.84 Å². The number of carbonyl (C=O) groups is 2. The van der Waals surface area contributed by atoms with Gasteiger partial charge in [0.05, 0.1) is 12.1 Å². The smallest absolute Gasteiger partial charge is 0.303 e. The minimum absolute atomic E-state index is 0.0161. The van der Waals surface area contributed by atoms with Crippen molar-refractivity contribution in [3.8, 4) is 0 Å². The summed E-state index contributed by atoms with van der Waals surface area (Å²) in [6.07, 6.45) is 1.45. The molecule has 0 aromatic heterocycles. The van der Waals surface area contributed by atoms with Gasteiger partial charge in [0.25, 0.3) is 0 Å². The number of morpholine rings is 1. The Hall–Kier alpha value is -1.88. The van der Waals surface area contributed by atoms with Crippen LogP contribution in [0.4, 0.5) is 0 Å². The highest BCUT2D eigenvalue weighted by molar-refractivity contribution is 5.79. The molecule has 5 nitrogen and oxygen atoms in total. The van der Waals surface area contributed by atoms with Gasteiger partial charge in [0.15, 0.2) is 0 Å². The van der Waals surface area contributed by atoms with Gasteiger partial charge in [0.2, 0.25) is 5.91 Å². The predicted octanol–water partition coefficient (Wildman–Crippen LogP) is 0.816. The van der Waals surface area contributed by atoms with E-state index >= 15 is 0 Å². The third-order valence-electron chi connectivity index (χ3n) is 3.71. The van der Waals surface area contributed by atoms with Gasteiger partial charge in [-0.05, 0) is 23.1 Å². The number of carbonyl (C=O) groups excluding carboxylic acids is 1. The maximum absolute atomic E-state index is 11.4. The lowest BCUT2D eigenvalue weighted by atomic mass is 10.0. The van der Waals surface area contributed by atoms with Crippen molar-refractivity contribution in [3.05, 3.63) is 34.9 Å². The number of fused-ring (bicyclic) bond motifs is 3. The minimum atomic E-state index is -0.798. The Bertz CT molecular complexity index is 540. The fraction of sp³-hybridized carbons (Fsp3) is 0.429. The second kappa shape index (κ2) is 4.66. The zero-order valence-corrected chi connectivity index (χ0v) is 10.4. The highest BCUT2D eigenvalue weighted by Gasteiger charge is 2.37. The summed E-state index contributed by atoms with van der Waals surface area (Å²) < 4.78 is 5.53. The molecule has 2 atom stereocenters. The monoisotopic (exact) mass is 261 g/mol. The molecular formula is C14H15NO4. The molecule has 0 spiro atoms. The second-order valence-corrected chi connectivity index (χ2v) is 5.03. The fourth-order valence-electron chi connectivity index (χ4n) is 2.79. The van der Waals surface area contributed by atoms with Crippen molar-refractivity contribution in [2.45, 2.75) is 31.4 Å². The molecule has 1 fully saturated rings. The van der Waals surface area contributed by atoms with Gasteiger partial charge in [-0.1, -0.05) is 18.2 Å². The van der Waals surface area contributed by atoms with Crippen LogP contribution in [0.5, 0.6) is 0 Å². The van der Waals surface area contributed by atoms with Gasteiger partial charge >= 0.3 is 5.97 Å². The van der Waals surface area contributed by atoms with Crippen molar-refractivity contribution in [3.63, 3.8) is 0 Å². The molecule has 1 amide bonds. The molecule has 19 heavy (non-hydrogen) atoms. The molecule has 1 saturated heterocycles. The van der Waals surface area contributed by atoms with E-state index in [1.165, 1.54) is 5.56 Å². The Labute approximate surface area is 110 Å². The van der Waals surface area contributed by atoms with Crippen LogP contribution >= 0.6 is 0 Å². The number of hydrogen-bond donors (Lipinski definition) is 2. The number of carboxylic acid groups (broad SMARTS) is 1. The number of amides is 1. The number of carboxylic acids is 1. The largest absolute Gasteiger partial charge is 0.481 e. The Morgan fingerprint density at radius 2 is 2.32 bits per heavy atom. The first kappa shape index (κ1) is 12.2. The average Bonchev–Trinajstić information content (AvgIpc) is 2.74. The number of hydrogen-bond acceptors (Lipinski definition) is 3. The molecule has 3 rings (SSSR count). The topological polar surface area (TPSA) is 75.6 Å². The lowest BCUT2D eigenvalue weighted by Crippen LogP contribution is -2.43. The summed E-state index contributed by atoms with van der Waals surface area (Å²) in [6, 6.07) is 5.89. The van der Waals surface area contributed by atoms with Crippen LogP contribution in [-0.4, -0.2) is 29.7 Å². The Morgan fingerprint density at radius 3 is 3.11 bits per heavy atom. The van der Waals surface area contributed by atoms with E-state index in [9.17, 15) is 9.59 Å². The maximum atomic E-state index is 11.4. The molecule has 0 saturated carbocycles. The molecule has 1 aromatic rings. The molecular weight excluding hydrogens is 246 g/mol. The molecule has 2 unspecified atom stereocenters. The van der Waals surface area contributed by atoms with Crippen molar-refractivity contribution < 1.29 is 19.4 Å². The summed E-state index contributed by atoms with van der Waals surface area (Å²) >= 11 is 0. The number of aliphatic carboxylic acids is 1. The van der Waals surface area contributed by atoms with Crippen LogP contribution in [-0.2, 0) is 27.2 Å². The summed E-state index contributed by atoms with van der Waals surface area (Å²) in [6.45, 7) is 0.126. The molecule has 2 N–H and O–H groups in total. The Kier molecular flexibility index (Phi) is 2.98. The third-order valence-corrected chi connectivity index (χ3v) is 3.71. The van der Waals surface area contributed by atoms with Crippen LogP contribution in [0.2, 0.25) is 0 Å². The lowest BCUT2D eigenvalue weighted by molar-refractivity contribution is -0.137. The zero-order valence-electron chi connectivity index (χ0n) is 10.4. The highest BCUT2D eigenvalue weighted by Crippen LogP contribution is 2.35. The first-order valence-corrected chi connectivity index (χ1v) is 6.38. The van der Waals surface area contributed by atoms with Crippen LogP contribution in [0.15, 0.2) is 18.2 Å². The van der Waals surface area contributed by atoms with E-state index in [-0.39, 0.29) is 31.1 Å². The normalized spacial score (nSPS) is 24.5. The maximum Gasteiger partial charge on any atom is 0.303 e. The molecule has 0 bridgehead atoms.